The molecule has 172 valence electrons. The molecule has 0 fully saturated rings. The Morgan fingerprint density at radius 2 is 1.52 bits per heavy atom. The lowest BCUT2D eigenvalue weighted by Gasteiger charge is -2.29. The Bertz CT molecular complexity index is 796. The molecule has 2 aromatic rings. The molecular formula is C24H35Cl2N3O2. The number of benzene rings is 2. The van der Waals surface area contributed by atoms with Crippen LogP contribution in [0.5, 0.6) is 5.75 Å². The summed E-state index contributed by atoms with van der Waals surface area (Å²) in [6.07, 6.45) is 7.56. The second-order valence-electron chi connectivity index (χ2n) is 8.39. The summed E-state index contributed by atoms with van der Waals surface area (Å²) in [5.41, 5.74) is 2.26. The number of quaternary nitrogens is 1. The summed E-state index contributed by atoms with van der Waals surface area (Å²) in [6.45, 7) is 4.27. The van der Waals surface area contributed by atoms with Crippen LogP contribution in [0.2, 0.25) is 5.02 Å². The molecule has 0 aliphatic rings. The number of ether oxygens (including phenoxy) is 1. The number of phenols is 1. The van der Waals surface area contributed by atoms with Gasteiger partial charge in [0.25, 0.3) is 0 Å². The third-order valence-corrected chi connectivity index (χ3v) is 5.10. The van der Waals surface area contributed by atoms with Crippen LogP contribution in [0.25, 0.3) is 0 Å². The molecule has 1 N–H and O–H groups in total. The maximum Gasteiger partial charge on any atom is 0.182 e. The van der Waals surface area contributed by atoms with E-state index in [9.17, 15) is 5.11 Å². The summed E-state index contributed by atoms with van der Waals surface area (Å²) in [5.74, 6) is 0.266. The van der Waals surface area contributed by atoms with E-state index < -0.39 is 0 Å². The third-order valence-electron chi connectivity index (χ3n) is 4.85. The number of nitrogens with zero attached hydrogens (tertiary/aromatic N) is 3. The van der Waals surface area contributed by atoms with E-state index >= 15 is 0 Å². The number of unbranched alkanes of at least 4 members (excludes halogenated alkanes) is 5. The molecule has 0 bridgehead atoms. The van der Waals surface area contributed by atoms with Gasteiger partial charge in [0.2, 0.25) is 0 Å². The highest BCUT2D eigenvalue weighted by Gasteiger charge is 2.18. The van der Waals surface area contributed by atoms with E-state index in [2.05, 4.69) is 31.2 Å². The minimum absolute atomic E-state index is 0. The number of hydrogen-bond donors (Lipinski definition) is 1. The van der Waals surface area contributed by atoms with Crippen LogP contribution in [0.1, 0.15) is 51.0 Å². The van der Waals surface area contributed by atoms with Gasteiger partial charge in [0.1, 0.15) is 12.3 Å². The van der Waals surface area contributed by atoms with Gasteiger partial charge in [-0.25, -0.2) is 0 Å². The number of azo groups is 1. The van der Waals surface area contributed by atoms with Crippen molar-refractivity contribution in [3.05, 3.63) is 53.1 Å². The standard InChI is InChI=1S/C24H34ClN3O2.ClH/c1-4-5-6-7-8-9-16-30-19-28(2,3)18-20-17-23(14-15-24(20)29)27-26-22-12-10-21(25)11-13-22;/h10-15,17H,4-9,16,18-19H2,1-3H3;1H. The smallest absolute Gasteiger partial charge is 0.182 e. The van der Waals surface area contributed by atoms with Gasteiger partial charge in [0, 0.05) is 5.02 Å². The number of halogens is 2. The van der Waals surface area contributed by atoms with Gasteiger partial charge < -0.3 is 26.7 Å². The highest BCUT2D eigenvalue weighted by molar-refractivity contribution is 6.30. The number of phenolic OH excluding ortho intramolecular Hbond substituents is 1. The molecule has 2 aromatic carbocycles. The number of aromatic hydroxyl groups is 1. The summed E-state index contributed by atoms with van der Waals surface area (Å²) in [5, 5.41) is 19.5. The zero-order chi connectivity index (χ0) is 21.8. The fourth-order valence-corrected chi connectivity index (χ4v) is 3.31. The topological polar surface area (TPSA) is 54.2 Å². The number of hydrogen-bond acceptors (Lipinski definition) is 4. The lowest BCUT2D eigenvalue weighted by molar-refractivity contribution is -0.922. The quantitative estimate of drug-likeness (QED) is 0.205. The minimum Gasteiger partial charge on any atom is -1.00 e. The maximum atomic E-state index is 10.3. The van der Waals surface area contributed by atoms with Crippen molar-refractivity contribution in [3.8, 4) is 5.75 Å². The summed E-state index contributed by atoms with van der Waals surface area (Å²) in [6, 6.07) is 12.5. The van der Waals surface area contributed by atoms with E-state index in [0.717, 1.165) is 24.3 Å². The molecule has 5 nitrogen and oxygen atoms in total. The van der Waals surface area contributed by atoms with Gasteiger partial charge in [-0.1, -0.05) is 50.6 Å². The van der Waals surface area contributed by atoms with Crippen molar-refractivity contribution in [1.29, 1.82) is 0 Å². The van der Waals surface area contributed by atoms with Gasteiger partial charge in [0.15, 0.2) is 6.73 Å². The first-order valence-electron chi connectivity index (χ1n) is 10.8. The SMILES string of the molecule is CCCCCCCCOC[N+](C)(C)Cc1cc(N=Nc2ccc(Cl)cc2)ccc1O.[Cl-]. The Hall–Kier alpha value is -1.66. The Morgan fingerprint density at radius 1 is 0.903 bits per heavy atom. The Balaban J connectivity index is 0.00000480. The average Bonchev–Trinajstić information content (AvgIpc) is 2.71. The molecule has 0 unspecified atom stereocenters. The monoisotopic (exact) mass is 467 g/mol. The largest absolute Gasteiger partial charge is 1.00 e. The molecule has 0 spiro atoms. The van der Waals surface area contributed by atoms with E-state index in [0.29, 0.717) is 28.5 Å². The molecule has 0 saturated heterocycles. The molecule has 7 heteroatoms. The van der Waals surface area contributed by atoms with Crippen molar-refractivity contribution < 1.29 is 26.7 Å². The summed E-state index contributed by atoms with van der Waals surface area (Å²) >= 11 is 5.90. The molecule has 0 amide bonds. The van der Waals surface area contributed by atoms with E-state index in [-0.39, 0.29) is 18.2 Å². The van der Waals surface area contributed by atoms with Gasteiger partial charge in [-0.15, -0.1) is 0 Å². The van der Waals surface area contributed by atoms with Crippen molar-refractivity contribution >= 4 is 23.0 Å². The lowest BCUT2D eigenvalue weighted by Crippen LogP contribution is -3.00. The van der Waals surface area contributed by atoms with E-state index in [4.69, 9.17) is 16.3 Å². The second-order valence-corrected chi connectivity index (χ2v) is 8.82. The van der Waals surface area contributed by atoms with Crippen LogP contribution in [-0.4, -0.2) is 37.0 Å². The Kier molecular flexibility index (Phi) is 12.7. The van der Waals surface area contributed by atoms with Gasteiger partial charge in [0.05, 0.1) is 37.6 Å². The molecule has 2 rings (SSSR count). The average molecular weight is 468 g/mol. The van der Waals surface area contributed by atoms with Crippen LogP contribution in [0.15, 0.2) is 52.7 Å². The summed E-state index contributed by atoms with van der Waals surface area (Å²) in [7, 11) is 4.20. The van der Waals surface area contributed by atoms with Crippen molar-refractivity contribution in [2.24, 2.45) is 10.2 Å². The van der Waals surface area contributed by atoms with Gasteiger partial charge in [-0.05, 0) is 48.9 Å². The van der Waals surface area contributed by atoms with Crippen molar-refractivity contribution in [2.75, 3.05) is 27.4 Å². The fourth-order valence-electron chi connectivity index (χ4n) is 3.19. The minimum atomic E-state index is 0. The molecule has 0 atom stereocenters. The first-order valence-corrected chi connectivity index (χ1v) is 11.2. The maximum absolute atomic E-state index is 10.3. The van der Waals surface area contributed by atoms with Gasteiger partial charge >= 0.3 is 0 Å². The molecular weight excluding hydrogens is 433 g/mol. The first kappa shape index (κ1) is 27.4. The molecule has 0 heterocycles. The zero-order valence-corrected chi connectivity index (χ0v) is 20.4. The van der Waals surface area contributed by atoms with Crippen LogP contribution >= 0.6 is 11.6 Å². The van der Waals surface area contributed by atoms with Crippen molar-refractivity contribution in [3.63, 3.8) is 0 Å². The normalized spacial score (nSPS) is 11.6. The Morgan fingerprint density at radius 3 is 2.23 bits per heavy atom. The second kappa shape index (κ2) is 14.4. The zero-order valence-electron chi connectivity index (χ0n) is 18.9. The summed E-state index contributed by atoms with van der Waals surface area (Å²) < 4.78 is 6.53. The Labute approximate surface area is 198 Å². The van der Waals surface area contributed by atoms with Gasteiger partial charge in [-0.3, -0.25) is 0 Å². The third kappa shape index (κ3) is 11.0. The highest BCUT2D eigenvalue weighted by atomic mass is 35.5. The summed E-state index contributed by atoms with van der Waals surface area (Å²) in [4.78, 5) is 0. The molecule has 31 heavy (non-hydrogen) atoms. The predicted molar refractivity (Wildman–Crippen MR) is 124 cm³/mol. The first-order chi connectivity index (χ1) is 14.4. The van der Waals surface area contributed by atoms with Crippen LogP contribution in [0.3, 0.4) is 0 Å². The predicted octanol–water partition coefficient (Wildman–Crippen LogP) is 4.38. The van der Waals surface area contributed by atoms with Gasteiger partial charge in [-0.2, -0.15) is 10.2 Å². The van der Waals surface area contributed by atoms with E-state index in [1.165, 1.54) is 32.1 Å². The van der Waals surface area contributed by atoms with E-state index in [1.807, 2.05) is 18.2 Å². The number of rotatable bonds is 13. The molecule has 0 aliphatic heterocycles. The molecule has 0 aliphatic carbocycles. The molecule has 0 radical (unpaired) electrons. The van der Waals surface area contributed by atoms with Crippen LogP contribution in [-0.2, 0) is 11.3 Å². The van der Waals surface area contributed by atoms with Crippen LogP contribution in [0.4, 0.5) is 11.4 Å². The molecule has 0 saturated carbocycles. The fraction of sp³-hybridized carbons (Fsp3) is 0.500. The van der Waals surface area contributed by atoms with Crippen molar-refractivity contribution in [1.82, 2.24) is 0 Å². The van der Waals surface area contributed by atoms with Crippen molar-refractivity contribution in [2.45, 2.75) is 52.0 Å². The lowest BCUT2D eigenvalue weighted by atomic mass is 10.1. The van der Waals surface area contributed by atoms with E-state index in [1.54, 1.807) is 24.3 Å². The van der Waals surface area contributed by atoms with Crippen LogP contribution < -0.4 is 12.4 Å². The highest BCUT2D eigenvalue weighted by Crippen LogP contribution is 2.27. The van der Waals surface area contributed by atoms with Crippen LogP contribution in [0, 0.1) is 0 Å². The molecule has 0 aromatic heterocycles.